The van der Waals surface area contributed by atoms with Gasteiger partial charge < -0.3 is 10.5 Å². The summed E-state index contributed by atoms with van der Waals surface area (Å²) in [6.07, 6.45) is 0. The average molecular weight is 325 g/mol. The highest BCUT2D eigenvalue weighted by atomic mass is 16.5. The van der Waals surface area contributed by atoms with Gasteiger partial charge >= 0.3 is 5.97 Å². The molecule has 5 heteroatoms. The van der Waals surface area contributed by atoms with Crippen LogP contribution in [-0.4, -0.2) is 18.4 Å². The van der Waals surface area contributed by atoms with Crippen molar-refractivity contribution in [1.82, 2.24) is 0 Å². The Balaban J connectivity index is 2.73. The topological polar surface area (TPSA) is 88.5 Å². The fraction of sp³-hybridized carbons (Fsp3) is 0.421. The van der Waals surface area contributed by atoms with Gasteiger partial charge in [0.1, 0.15) is 11.8 Å². The average Bonchev–Trinajstić information content (AvgIpc) is 2.46. The van der Waals surface area contributed by atoms with Crippen LogP contribution < -0.4 is 5.73 Å². The zero-order valence-electron chi connectivity index (χ0n) is 14.8. The molecule has 0 spiro atoms. The highest BCUT2D eigenvalue weighted by molar-refractivity contribution is 5.98. The van der Waals surface area contributed by atoms with E-state index in [2.05, 4.69) is 23.2 Å². The second kappa shape index (κ2) is 6.88. The molecule has 0 bridgehead atoms. The van der Waals surface area contributed by atoms with Gasteiger partial charge in [0.2, 0.25) is 0 Å². The minimum Gasteiger partial charge on any atom is -0.463 e. The maximum absolute atomic E-state index is 12.6. The molecule has 2 N–H and O–H groups in total. The summed E-state index contributed by atoms with van der Waals surface area (Å²) in [5.41, 5.74) is 11.1. The molecule has 1 aromatic carbocycles. The molecule has 1 aliphatic heterocycles. The number of aliphatic imine (C=N–C) groups is 1. The molecule has 1 heterocycles. The minimum atomic E-state index is -0.687. The Morgan fingerprint density at radius 3 is 2.38 bits per heavy atom. The van der Waals surface area contributed by atoms with Crippen molar-refractivity contribution in [3.63, 3.8) is 0 Å². The van der Waals surface area contributed by atoms with Gasteiger partial charge in [0, 0.05) is 5.92 Å². The molecule has 0 saturated heterocycles. The van der Waals surface area contributed by atoms with Crippen molar-refractivity contribution in [3.05, 3.63) is 45.7 Å². The first-order valence-electron chi connectivity index (χ1n) is 8.01. The summed E-state index contributed by atoms with van der Waals surface area (Å²) >= 11 is 0. The number of carbonyl (C=O) groups is 1. The Labute approximate surface area is 142 Å². The second-order valence-corrected chi connectivity index (χ2v) is 6.15. The lowest BCUT2D eigenvalue weighted by Gasteiger charge is -2.31. The molecule has 1 unspecified atom stereocenters. The van der Waals surface area contributed by atoms with Gasteiger partial charge in [0.15, 0.2) is 0 Å². The fourth-order valence-corrected chi connectivity index (χ4v) is 3.50. The molecule has 0 radical (unpaired) electrons. The van der Waals surface area contributed by atoms with E-state index in [0.29, 0.717) is 11.3 Å². The molecular weight excluding hydrogens is 302 g/mol. The van der Waals surface area contributed by atoms with E-state index >= 15 is 0 Å². The van der Waals surface area contributed by atoms with E-state index in [4.69, 9.17) is 10.5 Å². The molecule has 0 fully saturated rings. The number of allylic oxidation sites excluding steroid dienone is 1. The summed E-state index contributed by atoms with van der Waals surface area (Å²) in [7, 11) is 0. The Hall–Kier alpha value is -2.61. The molecule has 1 aliphatic rings. The van der Waals surface area contributed by atoms with Gasteiger partial charge in [-0.05, 0) is 51.3 Å². The van der Waals surface area contributed by atoms with Crippen molar-refractivity contribution in [2.24, 2.45) is 16.6 Å². The smallest absolute Gasteiger partial charge is 0.336 e. The number of hydrogen-bond donors (Lipinski definition) is 1. The largest absolute Gasteiger partial charge is 0.463 e. The summed E-state index contributed by atoms with van der Waals surface area (Å²) in [6, 6.07) is 6.33. The van der Waals surface area contributed by atoms with E-state index in [-0.39, 0.29) is 12.4 Å². The van der Waals surface area contributed by atoms with Crippen LogP contribution in [0.4, 0.5) is 0 Å². The number of nitrogens with zero attached hydrogens (tertiary/aromatic N) is 2. The Bertz CT molecular complexity index is 761. The lowest BCUT2D eigenvalue weighted by atomic mass is 9.74. The Morgan fingerprint density at radius 2 is 1.88 bits per heavy atom. The molecule has 24 heavy (non-hydrogen) atoms. The maximum Gasteiger partial charge on any atom is 0.336 e. The zero-order valence-corrected chi connectivity index (χ0v) is 14.8. The molecule has 1 aromatic rings. The minimum absolute atomic E-state index is 0.243. The predicted molar refractivity (Wildman–Crippen MR) is 93.5 cm³/mol. The van der Waals surface area contributed by atoms with Crippen molar-refractivity contribution < 1.29 is 9.53 Å². The first kappa shape index (κ1) is 17.7. The normalized spacial score (nSPS) is 20.4. The van der Waals surface area contributed by atoms with Crippen LogP contribution in [0, 0.1) is 38.0 Å². The second-order valence-electron chi connectivity index (χ2n) is 6.15. The third kappa shape index (κ3) is 3.05. The summed E-state index contributed by atoms with van der Waals surface area (Å²) in [5.74, 6) is -1.34. The molecule has 5 nitrogen and oxygen atoms in total. The number of ether oxygens (including phenoxy) is 1. The van der Waals surface area contributed by atoms with Crippen molar-refractivity contribution in [2.75, 3.05) is 6.61 Å². The molecule has 0 aromatic heterocycles. The van der Waals surface area contributed by atoms with Crippen LogP contribution in [-0.2, 0) is 9.53 Å². The van der Waals surface area contributed by atoms with Crippen LogP contribution >= 0.6 is 0 Å². The van der Waals surface area contributed by atoms with Crippen molar-refractivity contribution >= 4 is 11.8 Å². The van der Waals surface area contributed by atoms with E-state index in [9.17, 15) is 10.1 Å². The quantitative estimate of drug-likeness (QED) is 0.865. The van der Waals surface area contributed by atoms with Gasteiger partial charge in [-0.3, -0.25) is 0 Å². The summed E-state index contributed by atoms with van der Waals surface area (Å²) < 4.78 is 5.22. The Morgan fingerprint density at radius 1 is 1.29 bits per heavy atom. The van der Waals surface area contributed by atoms with Crippen LogP contribution in [0.5, 0.6) is 0 Å². The van der Waals surface area contributed by atoms with Gasteiger partial charge in [0.05, 0.1) is 23.9 Å². The van der Waals surface area contributed by atoms with Crippen LogP contribution in [0.25, 0.3) is 0 Å². The van der Waals surface area contributed by atoms with Crippen LogP contribution in [0.1, 0.15) is 42.0 Å². The molecule has 0 amide bonds. The summed E-state index contributed by atoms with van der Waals surface area (Å²) in [5, 5.41) is 9.66. The standard InChI is InChI=1S/C19H23N3O2/c1-6-24-19(23)16-13(5)22-18(21)14(9-20)17(16)15-11(3)7-10(2)8-12(15)4/h7-8,14,17H,6H2,1-5H3,(H2,21,22)/t14?,17-/m0/s1. The summed E-state index contributed by atoms with van der Waals surface area (Å²) in [4.78, 5) is 16.8. The maximum atomic E-state index is 12.6. The third-order valence-corrected chi connectivity index (χ3v) is 4.33. The fourth-order valence-electron chi connectivity index (χ4n) is 3.50. The molecule has 2 rings (SSSR count). The number of hydrogen-bond acceptors (Lipinski definition) is 5. The number of benzene rings is 1. The van der Waals surface area contributed by atoms with Gasteiger partial charge in [-0.25, -0.2) is 9.79 Å². The van der Waals surface area contributed by atoms with Gasteiger partial charge in [0.25, 0.3) is 0 Å². The first-order chi connectivity index (χ1) is 11.3. The lowest BCUT2D eigenvalue weighted by Crippen LogP contribution is -2.35. The van der Waals surface area contributed by atoms with Gasteiger partial charge in [-0.2, -0.15) is 5.26 Å². The van der Waals surface area contributed by atoms with Crippen LogP contribution in [0.3, 0.4) is 0 Å². The number of rotatable bonds is 3. The molecular formula is C19H23N3O2. The van der Waals surface area contributed by atoms with Gasteiger partial charge in [-0.15, -0.1) is 0 Å². The van der Waals surface area contributed by atoms with Crippen LogP contribution in [0.15, 0.2) is 28.4 Å². The number of amidine groups is 1. The zero-order chi connectivity index (χ0) is 18.0. The van der Waals surface area contributed by atoms with E-state index < -0.39 is 17.8 Å². The first-order valence-corrected chi connectivity index (χ1v) is 8.01. The van der Waals surface area contributed by atoms with Gasteiger partial charge in [-0.1, -0.05) is 17.7 Å². The molecule has 126 valence electrons. The number of aryl methyl sites for hydroxylation is 3. The van der Waals surface area contributed by atoms with E-state index in [0.717, 1.165) is 22.3 Å². The summed E-state index contributed by atoms with van der Waals surface area (Å²) in [6.45, 7) is 9.76. The van der Waals surface area contributed by atoms with E-state index in [1.54, 1.807) is 13.8 Å². The SMILES string of the molecule is CCOC(=O)C1=C(C)N=C(N)C(C#N)[C@H]1c1c(C)cc(C)cc1C. The highest BCUT2D eigenvalue weighted by Crippen LogP contribution is 2.41. The van der Waals surface area contributed by atoms with Crippen LogP contribution in [0.2, 0.25) is 0 Å². The number of nitriles is 1. The lowest BCUT2D eigenvalue weighted by molar-refractivity contribution is -0.139. The van der Waals surface area contributed by atoms with Crippen molar-refractivity contribution in [1.29, 1.82) is 5.26 Å². The van der Waals surface area contributed by atoms with Crippen molar-refractivity contribution in [3.8, 4) is 6.07 Å². The van der Waals surface area contributed by atoms with E-state index in [1.807, 2.05) is 20.8 Å². The monoisotopic (exact) mass is 325 g/mol. The molecule has 0 saturated carbocycles. The number of nitrogens with two attached hydrogens (primary N) is 1. The Kier molecular flexibility index (Phi) is 5.08. The number of carbonyl (C=O) groups excluding carboxylic acids is 1. The van der Waals surface area contributed by atoms with E-state index in [1.165, 1.54) is 0 Å². The third-order valence-electron chi connectivity index (χ3n) is 4.33. The predicted octanol–water partition coefficient (Wildman–Crippen LogP) is 3.04. The highest BCUT2D eigenvalue weighted by Gasteiger charge is 2.39. The molecule has 2 atom stereocenters. The number of esters is 1. The molecule has 0 aliphatic carbocycles. The van der Waals surface area contributed by atoms with Crippen molar-refractivity contribution in [2.45, 2.75) is 40.5 Å².